The zero-order valence-corrected chi connectivity index (χ0v) is 8.34. The summed E-state index contributed by atoms with van der Waals surface area (Å²) in [7, 11) is 0. The maximum atomic E-state index is 5.98. The van der Waals surface area contributed by atoms with Gasteiger partial charge in [-0.25, -0.2) is 0 Å². The fourth-order valence-corrected chi connectivity index (χ4v) is 2.03. The number of piperidine rings is 1. The highest BCUT2D eigenvalue weighted by Crippen LogP contribution is 2.27. The highest BCUT2D eigenvalue weighted by Gasteiger charge is 2.32. The van der Waals surface area contributed by atoms with Crippen LogP contribution in [0, 0.1) is 0 Å². The minimum absolute atomic E-state index is 0.0558. The minimum Gasteiger partial charge on any atom is -0.353 e. The first-order valence-corrected chi connectivity index (χ1v) is 5.29. The topological polar surface area (TPSA) is 30.5 Å². The molecule has 2 saturated heterocycles. The van der Waals surface area contributed by atoms with Crippen molar-refractivity contribution in [2.75, 3.05) is 19.7 Å². The van der Waals surface area contributed by atoms with Crippen molar-refractivity contribution in [2.24, 2.45) is 0 Å². The van der Waals surface area contributed by atoms with Crippen LogP contribution in [-0.2, 0) is 9.47 Å². The van der Waals surface area contributed by atoms with E-state index in [0.29, 0.717) is 0 Å². The summed E-state index contributed by atoms with van der Waals surface area (Å²) in [5.74, 6) is 0. The summed E-state index contributed by atoms with van der Waals surface area (Å²) in [6.45, 7) is 5.22. The average molecular weight is 185 g/mol. The second-order valence-corrected chi connectivity index (χ2v) is 4.26. The molecule has 3 heteroatoms. The van der Waals surface area contributed by atoms with Gasteiger partial charge in [-0.05, 0) is 39.3 Å². The van der Waals surface area contributed by atoms with Crippen LogP contribution in [0.1, 0.15) is 32.6 Å². The molecule has 2 fully saturated rings. The van der Waals surface area contributed by atoms with Crippen LogP contribution in [0.2, 0.25) is 0 Å². The number of ether oxygens (including phenoxy) is 2. The molecule has 0 spiro atoms. The van der Waals surface area contributed by atoms with Crippen LogP contribution >= 0.6 is 0 Å². The van der Waals surface area contributed by atoms with Gasteiger partial charge < -0.3 is 14.8 Å². The van der Waals surface area contributed by atoms with Gasteiger partial charge in [0.25, 0.3) is 0 Å². The third kappa shape index (κ3) is 2.42. The zero-order chi connectivity index (χ0) is 9.15. The van der Waals surface area contributed by atoms with Crippen molar-refractivity contribution in [1.29, 1.82) is 0 Å². The van der Waals surface area contributed by atoms with Gasteiger partial charge in [0.15, 0.2) is 6.29 Å². The molecule has 0 aromatic carbocycles. The van der Waals surface area contributed by atoms with Gasteiger partial charge in [-0.1, -0.05) is 0 Å². The summed E-state index contributed by atoms with van der Waals surface area (Å²) in [5, 5.41) is 3.34. The van der Waals surface area contributed by atoms with Crippen molar-refractivity contribution in [3.05, 3.63) is 0 Å². The van der Waals surface area contributed by atoms with Crippen molar-refractivity contribution in [3.63, 3.8) is 0 Å². The molecule has 2 aliphatic rings. The average Bonchev–Trinajstić information content (AvgIpc) is 2.57. The first-order valence-electron chi connectivity index (χ1n) is 5.29. The lowest BCUT2D eigenvalue weighted by atomic mass is 9.94. The molecule has 0 amide bonds. The molecule has 0 aliphatic carbocycles. The lowest BCUT2D eigenvalue weighted by Crippen LogP contribution is -2.43. The van der Waals surface area contributed by atoms with Gasteiger partial charge >= 0.3 is 0 Å². The molecule has 2 aliphatic heterocycles. The predicted molar refractivity (Wildman–Crippen MR) is 50.6 cm³/mol. The van der Waals surface area contributed by atoms with Gasteiger partial charge in [-0.3, -0.25) is 0 Å². The first-order chi connectivity index (χ1) is 6.29. The molecular formula is C10H19NO2. The Labute approximate surface area is 79.8 Å². The second-order valence-electron chi connectivity index (χ2n) is 4.26. The summed E-state index contributed by atoms with van der Waals surface area (Å²) < 4.78 is 11.5. The second kappa shape index (κ2) is 3.95. The number of nitrogens with one attached hydrogen (secondary N) is 1. The molecule has 0 aromatic rings. The number of hydrogen-bond donors (Lipinski definition) is 1. The quantitative estimate of drug-likeness (QED) is 0.703. The largest absolute Gasteiger partial charge is 0.353 e. The fourth-order valence-electron chi connectivity index (χ4n) is 2.03. The molecular weight excluding hydrogens is 166 g/mol. The van der Waals surface area contributed by atoms with Crippen molar-refractivity contribution in [2.45, 2.75) is 44.5 Å². The standard InChI is InChI=1S/C10H19NO2/c1-10(4-6-11-7-5-10)13-9-3-2-8-12-9/h9,11H,2-8H2,1H3. The molecule has 13 heavy (non-hydrogen) atoms. The fraction of sp³-hybridized carbons (Fsp3) is 1.00. The summed E-state index contributed by atoms with van der Waals surface area (Å²) in [6.07, 6.45) is 4.50. The predicted octanol–water partition coefficient (Wildman–Crippen LogP) is 1.28. The monoisotopic (exact) mass is 185 g/mol. The van der Waals surface area contributed by atoms with Crippen molar-refractivity contribution >= 4 is 0 Å². The first kappa shape index (κ1) is 9.44. The summed E-state index contributed by atoms with van der Waals surface area (Å²) >= 11 is 0. The Bertz CT molecular complexity index is 160. The molecule has 1 atom stereocenters. The minimum atomic E-state index is 0.0558. The lowest BCUT2D eigenvalue weighted by Gasteiger charge is -2.35. The van der Waals surface area contributed by atoms with E-state index in [0.717, 1.165) is 45.4 Å². The third-order valence-electron chi connectivity index (χ3n) is 2.97. The van der Waals surface area contributed by atoms with Crippen molar-refractivity contribution in [1.82, 2.24) is 5.32 Å². The Morgan fingerprint density at radius 2 is 2.15 bits per heavy atom. The number of rotatable bonds is 2. The summed E-state index contributed by atoms with van der Waals surface area (Å²) in [4.78, 5) is 0. The maximum Gasteiger partial charge on any atom is 0.158 e. The Morgan fingerprint density at radius 1 is 1.38 bits per heavy atom. The van der Waals surface area contributed by atoms with E-state index in [1.165, 1.54) is 0 Å². The van der Waals surface area contributed by atoms with Gasteiger partial charge in [-0.15, -0.1) is 0 Å². The molecule has 1 N–H and O–H groups in total. The van der Waals surface area contributed by atoms with E-state index in [-0.39, 0.29) is 11.9 Å². The van der Waals surface area contributed by atoms with E-state index in [9.17, 15) is 0 Å². The van der Waals surface area contributed by atoms with Crippen molar-refractivity contribution < 1.29 is 9.47 Å². The van der Waals surface area contributed by atoms with E-state index >= 15 is 0 Å². The molecule has 1 unspecified atom stereocenters. The molecule has 2 heterocycles. The number of hydrogen-bond acceptors (Lipinski definition) is 3. The van der Waals surface area contributed by atoms with Gasteiger partial charge in [0.05, 0.1) is 5.60 Å². The molecule has 76 valence electrons. The summed E-state index contributed by atoms with van der Waals surface area (Å²) in [5.41, 5.74) is 0.0558. The van der Waals surface area contributed by atoms with Gasteiger partial charge in [0, 0.05) is 13.0 Å². The normalized spacial score (nSPS) is 33.5. The van der Waals surface area contributed by atoms with Crippen LogP contribution in [0.15, 0.2) is 0 Å². The van der Waals surface area contributed by atoms with E-state index in [1.807, 2.05) is 0 Å². The van der Waals surface area contributed by atoms with Crippen LogP contribution in [0.4, 0.5) is 0 Å². The Morgan fingerprint density at radius 3 is 2.77 bits per heavy atom. The van der Waals surface area contributed by atoms with Crippen molar-refractivity contribution in [3.8, 4) is 0 Å². The zero-order valence-electron chi connectivity index (χ0n) is 8.34. The van der Waals surface area contributed by atoms with Crippen LogP contribution < -0.4 is 5.32 Å². The maximum absolute atomic E-state index is 5.98. The molecule has 0 radical (unpaired) electrons. The van der Waals surface area contributed by atoms with Gasteiger partial charge in [0.1, 0.15) is 0 Å². The van der Waals surface area contributed by atoms with E-state index < -0.39 is 0 Å². The summed E-state index contributed by atoms with van der Waals surface area (Å²) in [6, 6.07) is 0. The smallest absolute Gasteiger partial charge is 0.158 e. The SMILES string of the molecule is CC1(OC2CCCO2)CCNCC1. The van der Waals surface area contributed by atoms with Gasteiger partial charge in [0.2, 0.25) is 0 Å². The Hall–Kier alpha value is -0.120. The molecule has 2 rings (SSSR count). The van der Waals surface area contributed by atoms with Gasteiger partial charge in [-0.2, -0.15) is 0 Å². The molecule has 0 bridgehead atoms. The van der Waals surface area contributed by atoms with Crippen LogP contribution in [0.25, 0.3) is 0 Å². The highest BCUT2D eigenvalue weighted by atomic mass is 16.7. The van der Waals surface area contributed by atoms with E-state index in [4.69, 9.17) is 9.47 Å². The molecule has 3 nitrogen and oxygen atoms in total. The lowest BCUT2D eigenvalue weighted by molar-refractivity contribution is -0.191. The molecule has 0 aromatic heterocycles. The van der Waals surface area contributed by atoms with Crippen LogP contribution in [-0.4, -0.2) is 31.6 Å². The third-order valence-corrected chi connectivity index (χ3v) is 2.97. The van der Waals surface area contributed by atoms with Crippen LogP contribution in [0.3, 0.4) is 0 Å². The van der Waals surface area contributed by atoms with E-state index in [2.05, 4.69) is 12.2 Å². The molecule has 0 saturated carbocycles. The Kier molecular flexibility index (Phi) is 2.86. The van der Waals surface area contributed by atoms with E-state index in [1.54, 1.807) is 0 Å². The Balaban J connectivity index is 1.83. The van der Waals surface area contributed by atoms with Crippen LogP contribution in [0.5, 0.6) is 0 Å². The highest BCUT2D eigenvalue weighted by molar-refractivity contribution is 4.82.